The highest BCUT2D eigenvalue weighted by Crippen LogP contribution is 2.13. The number of hydrogen-bond donors (Lipinski definition) is 1. The molecule has 1 unspecified atom stereocenters. The van der Waals surface area contributed by atoms with E-state index in [4.69, 9.17) is 0 Å². The number of carbonyl (C=O) groups is 2. The topological polar surface area (TPSA) is 55.4 Å². The van der Waals surface area contributed by atoms with Crippen LogP contribution in [0, 0.1) is 5.41 Å². The summed E-state index contributed by atoms with van der Waals surface area (Å²) in [6.07, 6.45) is 1.87. The molecule has 0 aromatic heterocycles. The third-order valence-electron chi connectivity index (χ3n) is 1.81. The standard InChI is InChI=1S/C10H19NO3S/c1-10(2,3)9(13)11-7(6-15-5)8(12)14-4/h7H,6H2,1-5H3,(H,11,13). The van der Waals surface area contributed by atoms with E-state index < -0.39 is 17.4 Å². The van der Waals surface area contributed by atoms with Crippen LogP contribution in [-0.2, 0) is 14.3 Å². The number of ether oxygens (including phenoxy) is 1. The van der Waals surface area contributed by atoms with Gasteiger partial charge in [-0.1, -0.05) is 20.8 Å². The average molecular weight is 233 g/mol. The first-order chi connectivity index (χ1) is 6.82. The summed E-state index contributed by atoms with van der Waals surface area (Å²) in [4.78, 5) is 23.0. The maximum Gasteiger partial charge on any atom is 0.329 e. The van der Waals surface area contributed by atoms with Crippen LogP contribution in [-0.4, -0.2) is 37.0 Å². The van der Waals surface area contributed by atoms with Crippen LogP contribution in [0.5, 0.6) is 0 Å². The summed E-state index contributed by atoms with van der Waals surface area (Å²) in [5, 5.41) is 2.67. The van der Waals surface area contributed by atoms with E-state index in [0.717, 1.165) is 0 Å². The Morgan fingerprint density at radius 2 is 1.93 bits per heavy atom. The lowest BCUT2D eigenvalue weighted by molar-refractivity contribution is -0.145. The molecule has 0 aliphatic carbocycles. The number of thioether (sulfide) groups is 1. The quantitative estimate of drug-likeness (QED) is 0.738. The van der Waals surface area contributed by atoms with E-state index in [2.05, 4.69) is 10.1 Å². The molecule has 88 valence electrons. The predicted octanol–water partition coefficient (Wildman–Crippen LogP) is 1.05. The summed E-state index contributed by atoms with van der Waals surface area (Å²) < 4.78 is 4.61. The Kier molecular flexibility index (Phi) is 5.72. The highest BCUT2D eigenvalue weighted by atomic mass is 32.2. The first-order valence-corrected chi connectivity index (χ1v) is 6.10. The van der Waals surface area contributed by atoms with Crippen LogP contribution in [0.15, 0.2) is 0 Å². The van der Waals surface area contributed by atoms with Gasteiger partial charge < -0.3 is 10.1 Å². The molecule has 4 nitrogen and oxygen atoms in total. The molecule has 1 N–H and O–H groups in total. The molecule has 0 rings (SSSR count). The van der Waals surface area contributed by atoms with Crippen LogP contribution in [0.2, 0.25) is 0 Å². The van der Waals surface area contributed by atoms with Gasteiger partial charge in [-0.25, -0.2) is 4.79 Å². The molecule has 0 bridgehead atoms. The van der Waals surface area contributed by atoms with Crippen molar-refractivity contribution in [1.82, 2.24) is 5.32 Å². The molecule has 0 saturated carbocycles. The Morgan fingerprint density at radius 3 is 2.27 bits per heavy atom. The summed E-state index contributed by atoms with van der Waals surface area (Å²) in [5.41, 5.74) is -0.495. The van der Waals surface area contributed by atoms with Gasteiger partial charge in [-0.15, -0.1) is 0 Å². The first-order valence-electron chi connectivity index (χ1n) is 4.70. The molecule has 0 aliphatic heterocycles. The van der Waals surface area contributed by atoms with Crippen LogP contribution < -0.4 is 5.32 Å². The number of hydrogen-bond acceptors (Lipinski definition) is 4. The van der Waals surface area contributed by atoms with Gasteiger partial charge in [0, 0.05) is 11.2 Å². The number of carbonyl (C=O) groups excluding carboxylic acids is 2. The Labute approximate surface area is 95.1 Å². The largest absolute Gasteiger partial charge is 0.467 e. The fourth-order valence-corrected chi connectivity index (χ4v) is 1.41. The highest BCUT2D eigenvalue weighted by Gasteiger charge is 2.27. The van der Waals surface area contributed by atoms with Gasteiger partial charge in [-0.05, 0) is 6.26 Å². The Balaban J connectivity index is 4.42. The van der Waals surface area contributed by atoms with E-state index in [1.54, 1.807) is 20.8 Å². The van der Waals surface area contributed by atoms with Crippen molar-refractivity contribution < 1.29 is 14.3 Å². The second-order valence-corrected chi connectivity index (χ2v) is 5.17. The fourth-order valence-electron chi connectivity index (χ4n) is 0.852. The van der Waals surface area contributed by atoms with Gasteiger partial charge in [0.1, 0.15) is 6.04 Å². The van der Waals surface area contributed by atoms with Crippen molar-refractivity contribution in [3.8, 4) is 0 Å². The van der Waals surface area contributed by atoms with Gasteiger partial charge in [-0.2, -0.15) is 11.8 Å². The molecule has 0 aliphatic rings. The fraction of sp³-hybridized carbons (Fsp3) is 0.800. The van der Waals surface area contributed by atoms with E-state index in [1.165, 1.54) is 18.9 Å². The monoisotopic (exact) mass is 233 g/mol. The van der Waals surface area contributed by atoms with E-state index in [0.29, 0.717) is 5.75 Å². The van der Waals surface area contributed by atoms with E-state index in [9.17, 15) is 9.59 Å². The maximum atomic E-state index is 11.6. The Bertz CT molecular complexity index is 235. The number of rotatable bonds is 4. The van der Waals surface area contributed by atoms with Crippen LogP contribution in [0.25, 0.3) is 0 Å². The smallest absolute Gasteiger partial charge is 0.329 e. The highest BCUT2D eigenvalue weighted by molar-refractivity contribution is 7.98. The van der Waals surface area contributed by atoms with Gasteiger partial charge in [-0.3, -0.25) is 4.79 Å². The van der Waals surface area contributed by atoms with Gasteiger partial charge >= 0.3 is 5.97 Å². The third-order valence-corrected chi connectivity index (χ3v) is 2.47. The van der Waals surface area contributed by atoms with Gasteiger partial charge in [0.25, 0.3) is 0 Å². The van der Waals surface area contributed by atoms with Crippen LogP contribution in [0.1, 0.15) is 20.8 Å². The normalized spacial score (nSPS) is 13.1. The molecule has 1 amide bonds. The van der Waals surface area contributed by atoms with Crippen molar-refractivity contribution in [2.24, 2.45) is 5.41 Å². The lowest BCUT2D eigenvalue weighted by Gasteiger charge is -2.22. The number of amides is 1. The van der Waals surface area contributed by atoms with Gasteiger partial charge in [0.2, 0.25) is 5.91 Å². The molecule has 0 aromatic rings. The average Bonchev–Trinajstić information content (AvgIpc) is 2.14. The molecular formula is C10H19NO3S. The summed E-state index contributed by atoms with van der Waals surface area (Å²) in [5.74, 6) is -0.0250. The van der Waals surface area contributed by atoms with E-state index in [1.807, 2.05) is 6.26 Å². The summed E-state index contributed by atoms with van der Waals surface area (Å²) >= 11 is 1.49. The molecule has 0 heterocycles. The molecule has 0 aromatic carbocycles. The van der Waals surface area contributed by atoms with Crippen LogP contribution >= 0.6 is 11.8 Å². The van der Waals surface area contributed by atoms with Crippen LogP contribution in [0.4, 0.5) is 0 Å². The predicted molar refractivity (Wildman–Crippen MR) is 61.8 cm³/mol. The molecule has 0 spiro atoms. The SMILES string of the molecule is COC(=O)C(CSC)NC(=O)C(C)(C)C. The zero-order chi connectivity index (χ0) is 12.1. The summed E-state index contributed by atoms with van der Waals surface area (Å²) in [7, 11) is 1.32. The summed E-state index contributed by atoms with van der Waals surface area (Å²) in [6.45, 7) is 5.40. The minimum Gasteiger partial charge on any atom is -0.467 e. The van der Waals surface area contributed by atoms with E-state index in [-0.39, 0.29) is 5.91 Å². The summed E-state index contributed by atoms with van der Waals surface area (Å²) in [6, 6.07) is -0.559. The Morgan fingerprint density at radius 1 is 1.40 bits per heavy atom. The van der Waals surface area contributed by atoms with Crippen molar-refractivity contribution in [2.75, 3.05) is 19.1 Å². The zero-order valence-corrected chi connectivity index (χ0v) is 10.7. The lowest BCUT2D eigenvalue weighted by Crippen LogP contribution is -2.47. The second kappa shape index (κ2) is 6.00. The van der Waals surface area contributed by atoms with Gasteiger partial charge in [0.15, 0.2) is 0 Å². The molecule has 0 saturated heterocycles. The Hall–Kier alpha value is -0.710. The maximum absolute atomic E-state index is 11.6. The number of nitrogens with one attached hydrogen (secondary N) is 1. The van der Waals surface area contributed by atoms with Crippen molar-refractivity contribution in [1.29, 1.82) is 0 Å². The molecule has 5 heteroatoms. The third kappa shape index (κ3) is 5.06. The minimum atomic E-state index is -0.559. The number of methoxy groups -OCH3 is 1. The second-order valence-electron chi connectivity index (χ2n) is 4.25. The number of esters is 1. The van der Waals surface area contributed by atoms with Crippen LogP contribution in [0.3, 0.4) is 0 Å². The molecule has 15 heavy (non-hydrogen) atoms. The van der Waals surface area contributed by atoms with Crippen molar-refractivity contribution >= 4 is 23.6 Å². The lowest BCUT2D eigenvalue weighted by atomic mass is 9.95. The molecular weight excluding hydrogens is 214 g/mol. The van der Waals surface area contributed by atoms with Crippen molar-refractivity contribution in [2.45, 2.75) is 26.8 Å². The van der Waals surface area contributed by atoms with E-state index >= 15 is 0 Å². The van der Waals surface area contributed by atoms with Gasteiger partial charge in [0.05, 0.1) is 7.11 Å². The zero-order valence-electron chi connectivity index (χ0n) is 9.92. The molecule has 0 fully saturated rings. The molecule has 0 radical (unpaired) electrons. The minimum absolute atomic E-state index is 0.146. The molecule has 1 atom stereocenters. The van der Waals surface area contributed by atoms with Crippen molar-refractivity contribution in [3.63, 3.8) is 0 Å². The van der Waals surface area contributed by atoms with Crippen molar-refractivity contribution in [3.05, 3.63) is 0 Å². The first kappa shape index (κ1) is 14.3.